The molecule has 2 heterocycles. The van der Waals surface area contributed by atoms with Crippen molar-refractivity contribution >= 4 is 11.6 Å². The number of benzene rings is 2. The van der Waals surface area contributed by atoms with Gasteiger partial charge in [-0.15, -0.1) is 0 Å². The first-order valence-corrected chi connectivity index (χ1v) is 10.9. The largest absolute Gasteiger partial charge is 0.493 e. The minimum absolute atomic E-state index is 0.208. The Labute approximate surface area is 182 Å². The number of carbonyl (C=O) groups excluding carboxylic acids is 1. The Morgan fingerprint density at radius 1 is 1.10 bits per heavy atom. The maximum absolute atomic E-state index is 13.6. The van der Waals surface area contributed by atoms with Gasteiger partial charge in [0.05, 0.1) is 18.7 Å². The molecule has 2 saturated heterocycles. The number of rotatable bonds is 7. The standard InChI is InChI=1S/C24H29FN2O4/c1-30-21-9-8-19(15-22(21)31-13-12-26-10-3-2-4-11-26)27-23(28)16-20(24(27)29)17-6-5-7-18(25)14-17/h5-9,14-15,20,23,28H,2-4,10-13,16H2,1H3. The molecule has 7 heteroatoms. The Balaban J connectivity index is 1.49. The highest BCUT2D eigenvalue weighted by atomic mass is 19.1. The molecule has 4 rings (SSSR count). The van der Waals surface area contributed by atoms with Crippen molar-refractivity contribution in [3.63, 3.8) is 0 Å². The van der Waals surface area contributed by atoms with Gasteiger partial charge in [0.2, 0.25) is 5.91 Å². The Hall–Kier alpha value is -2.64. The third kappa shape index (κ3) is 4.83. The maximum Gasteiger partial charge on any atom is 0.236 e. The molecule has 0 spiro atoms. The lowest BCUT2D eigenvalue weighted by atomic mass is 9.97. The Bertz CT molecular complexity index is 916. The van der Waals surface area contributed by atoms with E-state index in [0.29, 0.717) is 29.4 Å². The summed E-state index contributed by atoms with van der Waals surface area (Å²) in [6, 6.07) is 11.2. The number of likely N-dealkylation sites (tertiary alicyclic amines) is 1. The number of methoxy groups -OCH3 is 1. The molecule has 2 aliphatic heterocycles. The summed E-state index contributed by atoms with van der Waals surface area (Å²) in [7, 11) is 1.57. The molecule has 0 saturated carbocycles. The first-order valence-electron chi connectivity index (χ1n) is 10.9. The predicted molar refractivity (Wildman–Crippen MR) is 116 cm³/mol. The van der Waals surface area contributed by atoms with E-state index in [0.717, 1.165) is 19.6 Å². The van der Waals surface area contributed by atoms with Crippen molar-refractivity contribution in [2.75, 3.05) is 38.3 Å². The lowest BCUT2D eigenvalue weighted by Gasteiger charge is -2.26. The first-order chi connectivity index (χ1) is 15.1. The molecule has 6 nitrogen and oxygen atoms in total. The second kappa shape index (κ2) is 9.66. The molecule has 166 valence electrons. The van der Waals surface area contributed by atoms with Gasteiger partial charge in [0.1, 0.15) is 18.7 Å². The molecular weight excluding hydrogens is 399 g/mol. The van der Waals surface area contributed by atoms with E-state index in [1.165, 1.54) is 36.3 Å². The molecule has 0 aromatic heterocycles. The maximum atomic E-state index is 13.6. The van der Waals surface area contributed by atoms with Crippen LogP contribution in [0.5, 0.6) is 11.5 Å². The molecule has 0 bridgehead atoms. The molecule has 2 aromatic rings. The summed E-state index contributed by atoms with van der Waals surface area (Å²) in [5, 5.41) is 10.6. The number of anilines is 1. The molecule has 0 radical (unpaired) electrons. The van der Waals surface area contributed by atoms with Crippen LogP contribution in [0.25, 0.3) is 0 Å². The van der Waals surface area contributed by atoms with Gasteiger partial charge in [0.25, 0.3) is 0 Å². The minimum Gasteiger partial charge on any atom is -0.493 e. The second-order valence-corrected chi connectivity index (χ2v) is 8.12. The number of aliphatic hydroxyl groups is 1. The van der Waals surface area contributed by atoms with E-state index in [9.17, 15) is 14.3 Å². The second-order valence-electron chi connectivity index (χ2n) is 8.12. The number of aliphatic hydroxyl groups excluding tert-OH is 1. The van der Waals surface area contributed by atoms with Gasteiger partial charge in [0, 0.05) is 19.0 Å². The highest BCUT2D eigenvalue weighted by Gasteiger charge is 2.40. The summed E-state index contributed by atoms with van der Waals surface area (Å²) in [4.78, 5) is 16.8. The van der Waals surface area contributed by atoms with Crippen molar-refractivity contribution in [2.45, 2.75) is 37.8 Å². The summed E-state index contributed by atoms with van der Waals surface area (Å²) in [5.74, 6) is -0.137. The fourth-order valence-corrected chi connectivity index (χ4v) is 4.43. The molecule has 1 N–H and O–H groups in total. The van der Waals surface area contributed by atoms with Crippen LogP contribution in [0.1, 0.15) is 37.2 Å². The molecule has 2 fully saturated rings. The van der Waals surface area contributed by atoms with E-state index < -0.39 is 18.0 Å². The quantitative estimate of drug-likeness (QED) is 0.731. The number of carbonyl (C=O) groups is 1. The van der Waals surface area contributed by atoms with Crippen molar-refractivity contribution < 1.29 is 23.8 Å². The molecule has 2 atom stereocenters. The normalized spacial score (nSPS) is 22.0. The highest BCUT2D eigenvalue weighted by Crippen LogP contribution is 2.39. The van der Waals surface area contributed by atoms with Gasteiger partial charge in [-0.3, -0.25) is 14.6 Å². The number of hydrogen-bond donors (Lipinski definition) is 1. The summed E-state index contributed by atoms with van der Waals surface area (Å²) >= 11 is 0. The molecule has 1 amide bonds. The van der Waals surface area contributed by atoms with Gasteiger partial charge in [-0.2, -0.15) is 0 Å². The lowest BCUT2D eigenvalue weighted by Crippen LogP contribution is -2.34. The number of amides is 1. The molecule has 31 heavy (non-hydrogen) atoms. The minimum atomic E-state index is -0.990. The van der Waals surface area contributed by atoms with E-state index in [2.05, 4.69) is 4.90 Å². The zero-order valence-corrected chi connectivity index (χ0v) is 17.8. The van der Waals surface area contributed by atoms with Crippen molar-refractivity contribution in [2.24, 2.45) is 0 Å². The average molecular weight is 429 g/mol. The van der Waals surface area contributed by atoms with Crippen molar-refractivity contribution in [3.8, 4) is 11.5 Å². The van der Waals surface area contributed by atoms with Crippen molar-refractivity contribution in [3.05, 3.63) is 53.8 Å². The van der Waals surface area contributed by atoms with Gasteiger partial charge in [-0.25, -0.2) is 4.39 Å². The van der Waals surface area contributed by atoms with E-state index >= 15 is 0 Å². The summed E-state index contributed by atoms with van der Waals surface area (Å²) < 4.78 is 25.0. The summed E-state index contributed by atoms with van der Waals surface area (Å²) in [6.45, 7) is 3.54. The van der Waals surface area contributed by atoms with Crippen LogP contribution in [-0.4, -0.2) is 55.5 Å². The molecule has 2 aliphatic rings. The SMILES string of the molecule is COc1ccc(N2C(=O)C(c3cccc(F)c3)CC2O)cc1OCCN1CCCCC1. The fraction of sp³-hybridized carbons (Fsp3) is 0.458. The summed E-state index contributed by atoms with van der Waals surface area (Å²) in [5.41, 5.74) is 1.10. The van der Waals surface area contributed by atoms with Gasteiger partial charge >= 0.3 is 0 Å². The Morgan fingerprint density at radius 2 is 1.90 bits per heavy atom. The van der Waals surface area contributed by atoms with Crippen LogP contribution in [0.4, 0.5) is 10.1 Å². The zero-order valence-electron chi connectivity index (χ0n) is 17.8. The highest BCUT2D eigenvalue weighted by molar-refractivity contribution is 6.01. The zero-order chi connectivity index (χ0) is 21.8. The van der Waals surface area contributed by atoms with Gasteiger partial charge in [-0.1, -0.05) is 18.6 Å². The summed E-state index contributed by atoms with van der Waals surface area (Å²) in [6.07, 6.45) is 2.95. The van der Waals surface area contributed by atoms with Crippen LogP contribution in [-0.2, 0) is 4.79 Å². The number of ether oxygens (including phenoxy) is 2. The van der Waals surface area contributed by atoms with Gasteiger partial charge < -0.3 is 14.6 Å². The van der Waals surface area contributed by atoms with E-state index in [-0.39, 0.29) is 12.3 Å². The van der Waals surface area contributed by atoms with Crippen LogP contribution in [0.3, 0.4) is 0 Å². The van der Waals surface area contributed by atoms with Gasteiger partial charge in [-0.05, 0) is 55.8 Å². The first kappa shape index (κ1) is 21.6. The molecule has 2 unspecified atom stereocenters. The van der Waals surface area contributed by atoms with Crippen LogP contribution in [0, 0.1) is 5.82 Å². The van der Waals surface area contributed by atoms with E-state index in [1.807, 2.05) is 0 Å². The third-order valence-corrected chi connectivity index (χ3v) is 6.07. The number of piperidine rings is 1. The van der Waals surface area contributed by atoms with E-state index in [1.54, 1.807) is 37.4 Å². The lowest BCUT2D eigenvalue weighted by molar-refractivity contribution is -0.118. The average Bonchev–Trinajstić information content (AvgIpc) is 3.08. The van der Waals surface area contributed by atoms with Crippen molar-refractivity contribution in [1.82, 2.24) is 4.90 Å². The Morgan fingerprint density at radius 3 is 2.65 bits per heavy atom. The van der Waals surface area contributed by atoms with Crippen LogP contribution >= 0.6 is 0 Å². The topological polar surface area (TPSA) is 62.2 Å². The van der Waals surface area contributed by atoms with Crippen LogP contribution < -0.4 is 14.4 Å². The monoisotopic (exact) mass is 428 g/mol. The predicted octanol–water partition coefficient (Wildman–Crippen LogP) is 3.54. The molecular formula is C24H29FN2O4. The Kier molecular flexibility index (Phi) is 6.73. The van der Waals surface area contributed by atoms with E-state index in [4.69, 9.17) is 9.47 Å². The van der Waals surface area contributed by atoms with Crippen molar-refractivity contribution in [1.29, 1.82) is 0 Å². The smallest absolute Gasteiger partial charge is 0.236 e. The number of nitrogens with zero attached hydrogens (tertiary/aromatic N) is 2. The molecule has 0 aliphatic carbocycles. The third-order valence-electron chi connectivity index (χ3n) is 6.07. The molecule has 2 aromatic carbocycles. The van der Waals surface area contributed by atoms with Crippen LogP contribution in [0.2, 0.25) is 0 Å². The number of halogens is 1. The van der Waals surface area contributed by atoms with Gasteiger partial charge in [0.15, 0.2) is 11.5 Å². The fourth-order valence-electron chi connectivity index (χ4n) is 4.43. The van der Waals surface area contributed by atoms with Crippen LogP contribution in [0.15, 0.2) is 42.5 Å². The number of hydrogen-bond acceptors (Lipinski definition) is 5.